The van der Waals surface area contributed by atoms with Gasteiger partial charge < -0.3 is 10.2 Å². The van der Waals surface area contributed by atoms with Gasteiger partial charge in [-0.1, -0.05) is 30.3 Å². The van der Waals surface area contributed by atoms with Crippen LogP contribution in [0.15, 0.2) is 48.5 Å². The molecule has 0 unspecified atom stereocenters. The third kappa shape index (κ3) is 3.59. The standard InChI is InChI=1S/C19H20N2O2/c1-14(22)21-12-11-16-13-17(8-9-18(16)21)20-19(23)10-7-15-5-3-2-4-6-15/h2-6,8-9,13H,7,10-12H2,1H3,(H,20,23). The first-order valence-electron chi connectivity index (χ1n) is 7.88. The van der Waals surface area contributed by atoms with Gasteiger partial charge in [-0.05, 0) is 42.2 Å². The number of aryl methyl sites for hydroxylation is 1. The summed E-state index contributed by atoms with van der Waals surface area (Å²) in [5.74, 6) is 0.0682. The van der Waals surface area contributed by atoms with E-state index in [0.29, 0.717) is 6.42 Å². The molecular weight excluding hydrogens is 288 g/mol. The number of amides is 2. The molecule has 2 aromatic rings. The second-order valence-electron chi connectivity index (χ2n) is 5.80. The Hall–Kier alpha value is -2.62. The van der Waals surface area contributed by atoms with Crippen LogP contribution in [0.1, 0.15) is 24.5 Å². The third-order valence-corrected chi connectivity index (χ3v) is 4.12. The van der Waals surface area contributed by atoms with Crippen molar-refractivity contribution >= 4 is 23.2 Å². The van der Waals surface area contributed by atoms with E-state index in [1.54, 1.807) is 11.8 Å². The second-order valence-corrected chi connectivity index (χ2v) is 5.80. The minimum atomic E-state index is 0.00947. The van der Waals surface area contributed by atoms with Gasteiger partial charge in [-0.15, -0.1) is 0 Å². The molecule has 0 saturated heterocycles. The summed E-state index contributed by atoms with van der Waals surface area (Å²) in [6.07, 6.45) is 2.03. The van der Waals surface area contributed by atoms with Crippen LogP contribution >= 0.6 is 0 Å². The first kappa shape index (κ1) is 15.3. The van der Waals surface area contributed by atoms with Crippen molar-refractivity contribution in [2.45, 2.75) is 26.2 Å². The molecule has 118 valence electrons. The molecule has 1 aliphatic heterocycles. The number of hydrogen-bond donors (Lipinski definition) is 1. The molecule has 0 aromatic heterocycles. The summed E-state index contributed by atoms with van der Waals surface area (Å²) in [7, 11) is 0. The molecule has 4 nitrogen and oxygen atoms in total. The van der Waals surface area contributed by atoms with Crippen molar-refractivity contribution in [3.63, 3.8) is 0 Å². The molecule has 0 aliphatic carbocycles. The van der Waals surface area contributed by atoms with Crippen LogP contribution < -0.4 is 10.2 Å². The van der Waals surface area contributed by atoms with Crippen LogP contribution in [0.5, 0.6) is 0 Å². The molecule has 0 fully saturated rings. The summed E-state index contributed by atoms with van der Waals surface area (Å²) >= 11 is 0. The van der Waals surface area contributed by atoms with Crippen molar-refractivity contribution in [2.24, 2.45) is 0 Å². The van der Waals surface area contributed by atoms with Crippen LogP contribution in [0.4, 0.5) is 11.4 Å². The van der Waals surface area contributed by atoms with Crippen LogP contribution in [0.2, 0.25) is 0 Å². The molecule has 0 spiro atoms. The van der Waals surface area contributed by atoms with Crippen molar-refractivity contribution < 1.29 is 9.59 Å². The number of nitrogens with zero attached hydrogens (tertiary/aromatic N) is 1. The van der Waals surface area contributed by atoms with Gasteiger partial charge in [0.1, 0.15) is 0 Å². The Morgan fingerprint density at radius 1 is 1.13 bits per heavy atom. The fraction of sp³-hybridized carbons (Fsp3) is 0.263. The second kappa shape index (κ2) is 6.65. The van der Waals surface area contributed by atoms with Gasteiger partial charge in [0.25, 0.3) is 0 Å². The first-order valence-corrected chi connectivity index (χ1v) is 7.88. The SMILES string of the molecule is CC(=O)N1CCc2cc(NC(=O)CCc3ccccc3)ccc21. The van der Waals surface area contributed by atoms with Crippen molar-refractivity contribution in [1.29, 1.82) is 0 Å². The molecule has 1 heterocycles. The Labute approximate surface area is 136 Å². The van der Waals surface area contributed by atoms with E-state index in [2.05, 4.69) is 5.32 Å². The molecule has 2 amide bonds. The average Bonchev–Trinajstić information content (AvgIpc) is 2.97. The molecular formula is C19H20N2O2. The summed E-state index contributed by atoms with van der Waals surface area (Å²) in [5.41, 5.74) is 4.03. The van der Waals surface area contributed by atoms with Crippen LogP contribution in [0.25, 0.3) is 0 Å². The van der Waals surface area contributed by atoms with Crippen LogP contribution in [0, 0.1) is 0 Å². The van der Waals surface area contributed by atoms with Crippen molar-refractivity contribution in [1.82, 2.24) is 0 Å². The highest BCUT2D eigenvalue weighted by molar-refractivity contribution is 5.95. The number of hydrogen-bond acceptors (Lipinski definition) is 2. The van der Waals surface area contributed by atoms with Gasteiger partial charge in [-0.25, -0.2) is 0 Å². The fourth-order valence-corrected chi connectivity index (χ4v) is 2.93. The Bertz CT molecular complexity index is 725. The lowest BCUT2D eigenvalue weighted by molar-refractivity contribution is -0.117. The van der Waals surface area contributed by atoms with Crippen LogP contribution in [0.3, 0.4) is 0 Å². The molecule has 0 bridgehead atoms. The normalized spacial score (nSPS) is 12.8. The number of fused-ring (bicyclic) bond motifs is 1. The molecule has 1 N–H and O–H groups in total. The summed E-state index contributed by atoms with van der Waals surface area (Å²) < 4.78 is 0. The predicted octanol–water partition coefficient (Wildman–Crippen LogP) is 3.17. The lowest BCUT2D eigenvalue weighted by Crippen LogP contribution is -2.25. The van der Waals surface area contributed by atoms with Crippen LogP contribution in [-0.2, 0) is 22.4 Å². The van der Waals surface area contributed by atoms with Crippen molar-refractivity contribution in [3.8, 4) is 0 Å². The van der Waals surface area contributed by atoms with Crippen molar-refractivity contribution in [2.75, 3.05) is 16.8 Å². The molecule has 4 heteroatoms. The monoisotopic (exact) mass is 308 g/mol. The van der Waals surface area contributed by atoms with Crippen LogP contribution in [-0.4, -0.2) is 18.4 Å². The molecule has 0 radical (unpaired) electrons. The van der Waals surface area contributed by atoms with E-state index in [1.807, 2.05) is 48.5 Å². The maximum Gasteiger partial charge on any atom is 0.224 e. The molecule has 1 aliphatic rings. The highest BCUT2D eigenvalue weighted by atomic mass is 16.2. The first-order chi connectivity index (χ1) is 11.1. The van der Waals surface area contributed by atoms with Gasteiger partial charge in [0.2, 0.25) is 11.8 Å². The molecule has 3 rings (SSSR count). The topological polar surface area (TPSA) is 49.4 Å². The Morgan fingerprint density at radius 2 is 1.91 bits per heavy atom. The molecule has 2 aromatic carbocycles. The van der Waals surface area contributed by atoms with Gasteiger partial charge in [-0.3, -0.25) is 9.59 Å². The third-order valence-electron chi connectivity index (χ3n) is 4.12. The number of anilines is 2. The van der Waals surface area contributed by atoms with E-state index in [1.165, 1.54) is 0 Å². The summed E-state index contributed by atoms with van der Waals surface area (Å²) in [4.78, 5) is 25.4. The van der Waals surface area contributed by atoms with E-state index in [9.17, 15) is 9.59 Å². The highest BCUT2D eigenvalue weighted by Gasteiger charge is 2.22. The van der Waals surface area contributed by atoms with Gasteiger partial charge in [0.05, 0.1) is 0 Å². The Balaban J connectivity index is 1.60. The summed E-state index contributed by atoms with van der Waals surface area (Å²) in [6.45, 7) is 2.30. The Morgan fingerprint density at radius 3 is 2.65 bits per heavy atom. The number of rotatable bonds is 4. The van der Waals surface area contributed by atoms with E-state index in [4.69, 9.17) is 0 Å². The maximum atomic E-state index is 12.1. The summed E-state index contributed by atoms with van der Waals surface area (Å²) in [6, 6.07) is 15.7. The van der Waals surface area contributed by atoms with Crippen molar-refractivity contribution in [3.05, 3.63) is 59.7 Å². The zero-order valence-corrected chi connectivity index (χ0v) is 13.2. The van der Waals surface area contributed by atoms with Gasteiger partial charge in [0, 0.05) is 31.3 Å². The zero-order valence-electron chi connectivity index (χ0n) is 13.2. The smallest absolute Gasteiger partial charge is 0.224 e. The van der Waals surface area contributed by atoms with Gasteiger partial charge in [-0.2, -0.15) is 0 Å². The van der Waals surface area contributed by atoms with E-state index in [0.717, 1.165) is 41.9 Å². The lowest BCUT2D eigenvalue weighted by atomic mass is 10.1. The zero-order chi connectivity index (χ0) is 16.2. The minimum Gasteiger partial charge on any atom is -0.326 e. The molecule has 0 atom stereocenters. The minimum absolute atomic E-state index is 0.00947. The quantitative estimate of drug-likeness (QED) is 0.943. The van der Waals surface area contributed by atoms with E-state index < -0.39 is 0 Å². The Kier molecular flexibility index (Phi) is 4.42. The predicted molar refractivity (Wildman–Crippen MR) is 91.6 cm³/mol. The number of benzene rings is 2. The number of nitrogens with one attached hydrogen (secondary N) is 1. The highest BCUT2D eigenvalue weighted by Crippen LogP contribution is 2.30. The fourth-order valence-electron chi connectivity index (χ4n) is 2.93. The van der Waals surface area contributed by atoms with Gasteiger partial charge in [0.15, 0.2) is 0 Å². The average molecular weight is 308 g/mol. The van der Waals surface area contributed by atoms with E-state index in [-0.39, 0.29) is 11.8 Å². The largest absolute Gasteiger partial charge is 0.326 e. The maximum absolute atomic E-state index is 12.1. The molecule has 0 saturated carbocycles. The van der Waals surface area contributed by atoms with Gasteiger partial charge >= 0.3 is 0 Å². The summed E-state index contributed by atoms with van der Waals surface area (Å²) in [5, 5.41) is 2.94. The molecule has 23 heavy (non-hydrogen) atoms. The lowest BCUT2D eigenvalue weighted by Gasteiger charge is -2.15. The number of carbonyl (C=O) groups is 2. The number of carbonyl (C=O) groups excluding carboxylic acids is 2. The van der Waals surface area contributed by atoms with E-state index >= 15 is 0 Å².